The molecule has 0 aliphatic carbocycles. The first kappa shape index (κ1) is 15.5. The number of aromatic nitrogens is 1. The lowest BCUT2D eigenvalue weighted by Crippen LogP contribution is -2.30. The van der Waals surface area contributed by atoms with Crippen LogP contribution in [0.5, 0.6) is 0 Å². The maximum Gasteiger partial charge on any atom is 0.337 e. The maximum atomic E-state index is 11.7. The zero-order valence-electron chi connectivity index (χ0n) is 12.2. The van der Waals surface area contributed by atoms with E-state index < -0.39 is 5.97 Å². The zero-order valence-corrected chi connectivity index (χ0v) is 12.2. The minimum absolute atomic E-state index is 0.297. The molecule has 2 rings (SSSR count). The van der Waals surface area contributed by atoms with Gasteiger partial charge in [0.2, 0.25) is 0 Å². The molecule has 1 aromatic heterocycles. The number of carbonyl (C=O) groups excluding carboxylic acids is 2. The molecule has 114 valence electrons. The fraction of sp³-hybridized carbons (Fsp3) is 0.188. The van der Waals surface area contributed by atoms with E-state index in [4.69, 9.17) is 0 Å². The molecule has 0 bridgehead atoms. The highest BCUT2D eigenvalue weighted by molar-refractivity contribution is 5.92. The second-order valence-electron chi connectivity index (χ2n) is 4.56. The lowest BCUT2D eigenvalue weighted by atomic mass is 10.2. The van der Waals surface area contributed by atoms with Crippen LogP contribution in [0.1, 0.15) is 15.9 Å². The van der Waals surface area contributed by atoms with Crippen LogP contribution in [0.2, 0.25) is 0 Å². The van der Waals surface area contributed by atoms with Gasteiger partial charge in [0, 0.05) is 24.6 Å². The van der Waals surface area contributed by atoms with E-state index >= 15 is 0 Å². The van der Waals surface area contributed by atoms with Crippen LogP contribution >= 0.6 is 0 Å². The van der Waals surface area contributed by atoms with Crippen LogP contribution in [-0.4, -0.2) is 30.6 Å². The van der Waals surface area contributed by atoms with E-state index in [9.17, 15) is 9.59 Å². The molecule has 0 fully saturated rings. The summed E-state index contributed by atoms with van der Waals surface area (Å²) in [7, 11) is 1.32. The van der Waals surface area contributed by atoms with Crippen LogP contribution in [0.4, 0.5) is 10.5 Å². The average Bonchev–Trinajstić information content (AvgIpc) is 2.56. The van der Waals surface area contributed by atoms with Gasteiger partial charge in [0.25, 0.3) is 0 Å². The molecule has 0 saturated heterocycles. The number of benzene rings is 1. The third kappa shape index (κ3) is 4.59. The summed E-state index contributed by atoms with van der Waals surface area (Å²) in [5.74, 6) is -0.410. The van der Waals surface area contributed by atoms with E-state index in [0.29, 0.717) is 24.2 Å². The van der Waals surface area contributed by atoms with Crippen molar-refractivity contribution in [2.75, 3.05) is 19.0 Å². The van der Waals surface area contributed by atoms with Crippen molar-refractivity contribution < 1.29 is 14.3 Å². The van der Waals surface area contributed by atoms with E-state index in [2.05, 4.69) is 20.4 Å². The summed E-state index contributed by atoms with van der Waals surface area (Å²) in [5, 5.41) is 5.45. The molecule has 0 saturated carbocycles. The Balaban J connectivity index is 1.78. The Morgan fingerprint density at radius 3 is 2.59 bits per heavy atom. The van der Waals surface area contributed by atoms with Gasteiger partial charge in [-0.1, -0.05) is 6.07 Å². The summed E-state index contributed by atoms with van der Waals surface area (Å²) in [6.07, 6.45) is 4.19. The molecule has 0 radical (unpaired) electrons. The molecule has 2 N–H and O–H groups in total. The van der Waals surface area contributed by atoms with Crippen molar-refractivity contribution >= 4 is 17.7 Å². The standard InChI is InChI=1S/C16H17N3O3/c1-22-15(20)13-4-6-14(7-5-13)19-16(21)18-10-8-12-3-2-9-17-11-12/h2-7,9,11H,8,10H2,1H3,(H2,18,19,21). The largest absolute Gasteiger partial charge is 0.465 e. The third-order valence-electron chi connectivity index (χ3n) is 2.99. The molecule has 1 heterocycles. The molecular formula is C16H17N3O3. The highest BCUT2D eigenvalue weighted by atomic mass is 16.5. The molecule has 1 aromatic carbocycles. The summed E-state index contributed by atoms with van der Waals surface area (Å²) >= 11 is 0. The summed E-state index contributed by atoms with van der Waals surface area (Å²) in [4.78, 5) is 27.1. The molecule has 6 nitrogen and oxygen atoms in total. The van der Waals surface area contributed by atoms with Crippen LogP contribution in [-0.2, 0) is 11.2 Å². The number of nitrogens with zero attached hydrogens (tertiary/aromatic N) is 1. The summed E-state index contributed by atoms with van der Waals surface area (Å²) in [5.41, 5.74) is 2.10. The zero-order chi connectivity index (χ0) is 15.8. The minimum Gasteiger partial charge on any atom is -0.465 e. The topological polar surface area (TPSA) is 80.3 Å². The van der Waals surface area contributed by atoms with Crippen molar-refractivity contribution in [3.8, 4) is 0 Å². The molecule has 2 aromatic rings. The van der Waals surface area contributed by atoms with E-state index in [0.717, 1.165) is 5.56 Å². The van der Waals surface area contributed by atoms with Crippen molar-refractivity contribution in [1.29, 1.82) is 0 Å². The predicted octanol–water partition coefficient (Wildman–Crippen LogP) is 2.23. The number of hydrogen-bond acceptors (Lipinski definition) is 4. The summed E-state index contributed by atoms with van der Waals surface area (Å²) in [6, 6.07) is 10.00. The quantitative estimate of drug-likeness (QED) is 0.830. The fourth-order valence-electron chi connectivity index (χ4n) is 1.85. The number of urea groups is 1. The lowest BCUT2D eigenvalue weighted by molar-refractivity contribution is 0.0601. The summed E-state index contributed by atoms with van der Waals surface area (Å²) < 4.78 is 4.61. The normalized spacial score (nSPS) is 9.86. The number of esters is 1. The van der Waals surface area contributed by atoms with Crippen LogP contribution in [0.25, 0.3) is 0 Å². The van der Waals surface area contributed by atoms with Gasteiger partial charge in [-0.3, -0.25) is 4.98 Å². The van der Waals surface area contributed by atoms with Gasteiger partial charge in [0.15, 0.2) is 0 Å². The molecule has 0 aliphatic heterocycles. The Hall–Kier alpha value is -2.89. The van der Waals surface area contributed by atoms with E-state index in [1.54, 1.807) is 36.7 Å². The van der Waals surface area contributed by atoms with Crippen molar-refractivity contribution in [3.63, 3.8) is 0 Å². The molecule has 0 aliphatic rings. The summed E-state index contributed by atoms with van der Waals surface area (Å²) in [6.45, 7) is 0.512. The highest BCUT2D eigenvalue weighted by Crippen LogP contribution is 2.10. The number of methoxy groups -OCH3 is 1. The number of rotatable bonds is 5. The first-order valence-electron chi connectivity index (χ1n) is 6.81. The van der Waals surface area contributed by atoms with Gasteiger partial charge >= 0.3 is 12.0 Å². The molecule has 0 unspecified atom stereocenters. The molecule has 0 atom stereocenters. The van der Waals surface area contributed by atoms with E-state index in [-0.39, 0.29) is 6.03 Å². The molecule has 6 heteroatoms. The predicted molar refractivity (Wildman–Crippen MR) is 82.7 cm³/mol. The van der Waals surface area contributed by atoms with E-state index in [1.807, 2.05) is 12.1 Å². The van der Waals surface area contributed by atoms with Gasteiger partial charge in [0.05, 0.1) is 12.7 Å². The van der Waals surface area contributed by atoms with Crippen molar-refractivity contribution in [3.05, 3.63) is 59.9 Å². The first-order chi connectivity index (χ1) is 10.7. The van der Waals surface area contributed by atoms with Crippen LogP contribution < -0.4 is 10.6 Å². The number of ether oxygens (including phenoxy) is 1. The Morgan fingerprint density at radius 1 is 1.18 bits per heavy atom. The van der Waals surface area contributed by atoms with Gasteiger partial charge in [-0.05, 0) is 42.3 Å². The molecular weight excluding hydrogens is 282 g/mol. The second-order valence-corrected chi connectivity index (χ2v) is 4.56. The van der Waals surface area contributed by atoms with Crippen molar-refractivity contribution in [2.24, 2.45) is 0 Å². The smallest absolute Gasteiger partial charge is 0.337 e. The second kappa shape index (κ2) is 7.78. The minimum atomic E-state index is -0.410. The SMILES string of the molecule is COC(=O)c1ccc(NC(=O)NCCc2cccnc2)cc1. The lowest BCUT2D eigenvalue weighted by Gasteiger charge is -2.08. The Kier molecular flexibility index (Phi) is 5.48. The van der Waals surface area contributed by atoms with Crippen molar-refractivity contribution in [2.45, 2.75) is 6.42 Å². The van der Waals surface area contributed by atoms with Gasteiger partial charge in [-0.25, -0.2) is 9.59 Å². The number of anilines is 1. The number of carbonyl (C=O) groups is 2. The van der Waals surface area contributed by atoms with Crippen molar-refractivity contribution in [1.82, 2.24) is 10.3 Å². The first-order valence-corrected chi connectivity index (χ1v) is 6.81. The number of nitrogens with one attached hydrogen (secondary N) is 2. The highest BCUT2D eigenvalue weighted by Gasteiger charge is 2.06. The molecule has 0 spiro atoms. The van der Waals surface area contributed by atoms with Gasteiger partial charge in [0.1, 0.15) is 0 Å². The number of hydrogen-bond donors (Lipinski definition) is 2. The average molecular weight is 299 g/mol. The molecule has 2 amide bonds. The fourth-order valence-corrected chi connectivity index (χ4v) is 1.85. The number of amides is 2. The monoisotopic (exact) mass is 299 g/mol. The Labute approximate surface area is 128 Å². The van der Waals surface area contributed by atoms with Gasteiger partial charge < -0.3 is 15.4 Å². The van der Waals surface area contributed by atoms with Crippen LogP contribution in [0.15, 0.2) is 48.8 Å². The number of pyridine rings is 1. The third-order valence-corrected chi connectivity index (χ3v) is 2.99. The van der Waals surface area contributed by atoms with Gasteiger partial charge in [-0.15, -0.1) is 0 Å². The van der Waals surface area contributed by atoms with Crippen LogP contribution in [0, 0.1) is 0 Å². The Bertz CT molecular complexity index is 627. The van der Waals surface area contributed by atoms with Gasteiger partial charge in [-0.2, -0.15) is 0 Å². The molecule has 22 heavy (non-hydrogen) atoms. The Morgan fingerprint density at radius 2 is 1.95 bits per heavy atom. The van der Waals surface area contributed by atoms with Crippen LogP contribution in [0.3, 0.4) is 0 Å². The maximum absolute atomic E-state index is 11.7. The van der Waals surface area contributed by atoms with E-state index in [1.165, 1.54) is 7.11 Å².